The molecule has 0 aliphatic carbocycles. The van der Waals surface area contributed by atoms with Crippen LogP contribution in [-0.4, -0.2) is 15.5 Å². The first-order valence-electron chi connectivity index (χ1n) is 3.31. The quantitative estimate of drug-likeness (QED) is 0.575. The molecule has 2 nitrogen and oxygen atoms in total. The molecular formula is C6H4F5N2S. The van der Waals surface area contributed by atoms with E-state index in [1.54, 1.807) is 0 Å². The van der Waals surface area contributed by atoms with Crippen molar-refractivity contribution in [1.29, 1.82) is 0 Å². The Hall–Kier alpha value is -0.790. The van der Waals surface area contributed by atoms with Gasteiger partial charge in [-0.15, -0.1) is 13.2 Å². The Bertz CT molecular complexity index is 319. The zero-order valence-electron chi connectivity index (χ0n) is 6.77. The second-order valence-corrected chi connectivity index (χ2v) is 3.28. The molecule has 0 spiro atoms. The van der Waals surface area contributed by atoms with Crippen molar-refractivity contribution in [3.05, 3.63) is 11.8 Å². The number of rotatable bonds is 2. The third-order valence-corrected chi connectivity index (χ3v) is 2.15. The molecule has 0 aliphatic rings. The van der Waals surface area contributed by atoms with Gasteiger partial charge in [-0.05, 0) is 18.7 Å². The lowest BCUT2D eigenvalue weighted by molar-refractivity contribution is -0.217. The second-order valence-electron chi connectivity index (χ2n) is 2.30. The van der Waals surface area contributed by atoms with E-state index in [0.717, 1.165) is 0 Å². The van der Waals surface area contributed by atoms with Gasteiger partial charge in [0.15, 0.2) is 0 Å². The van der Waals surface area contributed by atoms with E-state index in [1.165, 1.54) is 6.92 Å². The molecule has 0 bridgehead atoms. The third kappa shape index (κ3) is 2.37. The van der Waals surface area contributed by atoms with Crippen LogP contribution in [0, 0.1) is 13.1 Å². The number of halogens is 5. The van der Waals surface area contributed by atoms with Crippen LogP contribution in [0.3, 0.4) is 0 Å². The molecule has 0 aromatic carbocycles. The molecule has 79 valence electrons. The Labute approximate surface area is 80.1 Å². The number of hydrogen-bond donors (Lipinski definition) is 0. The Morgan fingerprint density at radius 2 is 2.00 bits per heavy atom. The molecule has 1 aromatic heterocycles. The van der Waals surface area contributed by atoms with Crippen LogP contribution < -0.4 is 0 Å². The molecule has 0 saturated carbocycles. The first kappa shape index (κ1) is 11.3. The number of thioether (sulfide) groups is 1. The monoisotopic (exact) mass is 231 g/mol. The highest BCUT2D eigenvalue weighted by atomic mass is 32.2. The summed E-state index contributed by atoms with van der Waals surface area (Å²) < 4.78 is 59.8. The average molecular weight is 231 g/mol. The van der Waals surface area contributed by atoms with Crippen molar-refractivity contribution in [2.75, 3.05) is 0 Å². The van der Waals surface area contributed by atoms with E-state index < -0.39 is 21.8 Å². The second kappa shape index (κ2) is 3.76. The Balaban J connectivity index is 3.06. The topological polar surface area (TPSA) is 17.8 Å². The molecule has 0 atom stereocenters. The largest absolute Gasteiger partial charge is 0.505 e. The fourth-order valence-electron chi connectivity index (χ4n) is 0.772. The number of aromatic nitrogens is 2. The molecule has 0 saturated heterocycles. The van der Waals surface area contributed by atoms with Crippen molar-refractivity contribution < 1.29 is 22.0 Å². The summed E-state index contributed by atoms with van der Waals surface area (Å²) in [4.78, 5) is 0. The summed E-state index contributed by atoms with van der Waals surface area (Å²) in [7, 11) is 0. The van der Waals surface area contributed by atoms with Gasteiger partial charge in [-0.3, -0.25) is 0 Å². The highest BCUT2D eigenvalue weighted by Crippen LogP contribution is 2.33. The Kier molecular flexibility index (Phi) is 3.03. The summed E-state index contributed by atoms with van der Waals surface area (Å²) >= 11 is -0.199. The number of alkyl halides is 5. The van der Waals surface area contributed by atoms with Gasteiger partial charge in [-0.1, -0.05) is 0 Å². The molecule has 0 aliphatic heterocycles. The van der Waals surface area contributed by atoms with Gasteiger partial charge in [0, 0.05) is 5.56 Å². The minimum atomic E-state index is -4.79. The molecular weight excluding hydrogens is 227 g/mol. The van der Waals surface area contributed by atoms with Crippen LogP contribution >= 0.6 is 11.8 Å². The maximum absolute atomic E-state index is 12.1. The van der Waals surface area contributed by atoms with Crippen molar-refractivity contribution in [2.45, 2.75) is 24.0 Å². The van der Waals surface area contributed by atoms with E-state index in [-0.39, 0.29) is 17.3 Å². The summed E-state index contributed by atoms with van der Waals surface area (Å²) in [5.41, 5.74) is -0.0485. The molecule has 1 rings (SSSR count). The van der Waals surface area contributed by atoms with E-state index in [4.69, 9.17) is 0 Å². The van der Waals surface area contributed by atoms with Gasteiger partial charge in [-0.2, -0.15) is 18.6 Å². The maximum Gasteiger partial charge on any atom is 0.505 e. The Morgan fingerprint density at radius 1 is 1.43 bits per heavy atom. The first-order valence-corrected chi connectivity index (χ1v) is 4.19. The van der Waals surface area contributed by atoms with Gasteiger partial charge in [0.25, 0.3) is 5.76 Å². The summed E-state index contributed by atoms with van der Waals surface area (Å²) in [5, 5.41) is 2.22. The highest BCUT2D eigenvalue weighted by molar-refractivity contribution is 7.99. The molecule has 0 unspecified atom stereocenters. The van der Waals surface area contributed by atoms with Crippen molar-refractivity contribution in [1.82, 2.24) is 9.78 Å². The molecule has 0 fully saturated rings. The van der Waals surface area contributed by atoms with E-state index in [9.17, 15) is 22.0 Å². The van der Waals surface area contributed by atoms with Crippen molar-refractivity contribution in [3.63, 3.8) is 0 Å². The van der Waals surface area contributed by atoms with Crippen LogP contribution in [0.15, 0.2) is 5.03 Å². The van der Waals surface area contributed by atoms with Gasteiger partial charge in [0.2, 0.25) is 0 Å². The van der Waals surface area contributed by atoms with Gasteiger partial charge in [-0.25, -0.2) is 0 Å². The third-order valence-electron chi connectivity index (χ3n) is 1.27. The predicted molar refractivity (Wildman–Crippen MR) is 39.0 cm³/mol. The van der Waals surface area contributed by atoms with Gasteiger partial charge in [0.05, 0.1) is 0 Å². The van der Waals surface area contributed by atoms with Crippen LogP contribution in [0.25, 0.3) is 0 Å². The normalized spacial score (nSPS) is 12.5. The number of nitrogens with zero attached hydrogens (tertiary/aromatic N) is 2. The van der Waals surface area contributed by atoms with Crippen LogP contribution in [0.2, 0.25) is 0 Å². The number of hydrogen-bond acceptors (Lipinski definition) is 2. The minimum absolute atomic E-state index is 0.0485. The van der Waals surface area contributed by atoms with Crippen LogP contribution in [0.5, 0.6) is 0 Å². The van der Waals surface area contributed by atoms with E-state index in [1.807, 2.05) is 6.20 Å². The number of aryl methyl sites for hydroxylation is 1. The molecule has 1 heterocycles. The SMILES string of the molecule is Cc1[c]nn(C(F)(F)F)c1SC(F)F. The van der Waals surface area contributed by atoms with Gasteiger partial charge >= 0.3 is 6.30 Å². The zero-order chi connectivity index (χ0) is 10.9. The van der Waals surface area contributed by atoms with E-state index >= 15 is 0 Å². The highest BCUT2D eigenvalue weighted by Gasteiger charge is 2.35. The minimum Gasteiger partial charge on any atom is -0.198 e. The molecule has 8 heteroatoms. The summed E-state index contributed by atoms with van der Waals surface area (Å²) in [6.07, 6.45) is -2.80. The lowest BCUT2D eigenvalue weighted by Crippen LogP contribution is -2.19. The predicted octanol–water partition coefficient (Wildman–Crippen LogP) is 2.78. The molecule has 1 radical (unpaired) electrons. The molecule has 14 heavy (non-hydrogen) atoms. The average Bonchev–Trinajstić information content (AvgIpc) is 2.30. The smallest absolute Gasteiger partial charge is 0.198 e. The fourth-order valence-corrected chi connectivity index (χ4v) is 1.41. The van der Waals surface area contributed by atoms with Crippen LogP contribution in [0.4, 0.5) is 22.0 Å². The maximum atomic E-state index is 12.1. The lowest BCUT2D eigenvalue weighted by atomic mass is 10.4. The van der Waals surface area contributed by atoms with Crippen molar-refractivity contribution >= 4 is 11.8 Å². The van der Waals surface area contributed by atoms with Gasteiger partial charge < -0.3 is 0 Å². The van der Waals surface area contributed by atoms with Crippen LogP contribution in [0.1, 0.15) is 5.56 Å². The van der Waals surface area contributed by atoms with E-state index in [0.29, 0.717) is 0 Å². The lowest BCUT2D eigenvalue weighted by Gasteiger charge is -2.09. The summed E-state index contributed by atoms with van der Waals surface area (Å²) in [5.74, 6) is -2.92. The first-order chi connectivity index (χ1) is 6.32. The van der Waals surface area contributed by atoms with Gasteiger partial charge in [0.1, 0.15) is 11.2 Å². The molecule has 0 amide bonds. The summed E-state index contributed by atoms with van der Waals surface area (Å²) in [6, 6.07) is 0. The zero-order valence-corrected chi connectivity index (χ0v) is 7.59. The Morgan fingerprint density at radius 3 is 2.43 bits per heavy atom. The molecule has 1 aromatic rings. The van der Waals surface area contributed by atoms with Crippen molar-refractivity contribution in [2.24, 2.45) is 0 Å². The van der Waals surface area contributed by atoms with Crippen LogP contribution in [-0.2, 0) is 6.30 Å². The van der Waals surface area contributed by atoms with Crippen molar-refractivity contribution in [3.8, 4) is 0 Å². The molecule has 0 N–H and O–H groups in total. The summed E-state index contributed by atoms with van der Waals surface area (Å²) in [6.45, 7) is 1.24. The fraction of sp³-hybridized carbons (Fsp3) is 0.500. The van der Waals surface area contributed by atoms with E-state index in [2.05, 4.69) is 5.10 Å². The standard InChI is InChI=1S/C6H4F5N2S/c1-3-2-12-13(6(9,10)11)4(3)14-5(7)8/h5H,1H3.